The highest BCUT2D eigenvalue weighted by atomic mass is 35.5. The Bertz CT molecular complexity index is 1030. The zero-order valence-electron chi connectivity index (χ0n) is 15.7. The zero-order chi connectivity index (χ0) is 20.2. The number of oxazole rings is 1. The van der Waals surface area contributed by atoms with Crippen LogP contribution in [0.1, 0.15) is 25.2 Å². The van der Waals surface area contributed by atoms with Gasteiger partial charge in [0.1, 0.15) is 0 Å². The van der Waals surface area contributed by atoms with Crippen molar-refractivity contribution in [2.45, 2.75) is 25.7 Å². The molecule has 0 unspecified atom stereocenters. The van der Waals surface area contributed by atoms with Gasteiger partial charge in [0, 0.05) is 40.7 Å². The molecule has 0 aliphatic heterocycles. The number of carbonyl (C=O) groups excluding carboxylic acids is 2. The lowest BCUT2D eigenvalue weighted by Crippen LogP contribution is -2.15. The Kier molecular flexibility index (Phi) is 5.62. The van der Waals surface area contributed by atoms with Crippen LogP contribution in [-0.2, 0) is 16.0 Å². The van der Waals surface area contributed by atoms with Gasteiger partial charge in [-0.3, -0.25) is 9.59 Å². The lowest BCUT2D eigenvalue weighted by molar-refractivity contribution is -0.117. The molecule has 1 saturated carbocycles. The van der Waals surface area contributed by atoms with E-state index in [4.69, 9.17) is 16.0 Å². The first-order chi connectivity index (χ1) is 14.1. The van der Waals surface area contributed by atoms with Crippen molar-refractivity contribution < 1.29 is 14.0 Å². The normalized spacial score (nSPS) is 13.1. The minimum atomic E-state index is -0.151. The number of nitrogens with zero attached hydrogens (tertiary/aromatic N) is 1. The highest BCUT2D eigenvalue weighted by Crippen LogP contribution is 2.30. The van der Waals surface area contributed by atoms with Crippen LogP contribution < -0.4 is 10.6 Å². The third-order valence-corrected chi connectivity index (χ3v) is 4.86. The van der Waals surface area contributed by atoms with Crippen molar-refractivity contribution in [3.8, 4) is 11.3 Å². The van der Waals surface area contributed by atoms with Crippen LogP contribution in [0, 0.1) is 5.92 Å². The average Bonchev–Trinajstić information content (AvgIpc) is 3.46. The van der Waals surface area contributed by atoms with E-state index in [1.165, 1.54) is 0 Å². The summed E-state index contributed by atoms with van der Waals surface area (Å²) in [6, 6.07) is 14.4. The Hall–Kier alpha value is -3.12. The number of anilines is 2. The van der Waals surface area contributed by atoms with Gasteiger partial charge in [-0.15, -0.1) is 0 Å². The number of amides is 2. The quantitative estimate of drug-likeness (QED) is 0.580. The second-order valence-corrected chi connectivity index (χ2v) is 7.45. The van der Waals surface area contributed by atoms with Gasteiger partial charge in [0.15, 0.2) is 11.7 Å². The van der Waals surface area contributed by atoms with Crippen molar-refractivity contribution in [1.82, 2.24) is 4.98 Å². The summed E-state index contributed by atoms with van der Waals surface area (Å²) in [5, 5.41) is 6.37. The summed E-state index contributed by atoms with van der Waals surface area (Å²) in [7, 11) is 0. The molecule has 1 heterocycles. The van der Waals surface area contributed by atoms with Crippen LogP contribution >= 0.6 is 11.6 Å². The Morgan fingerprint density at radius 3 is 2.52 bits per heavy atom. The van der Waals surface area contributed by atoms with Gasteiger partial charge >= 0.3 is 0 Å². The molecule has 2 aromatic carbocycles. The van der Waals surface area contributed by atoms with E-state index in [0.29, 0.717) is 34.5 Å². The number of rotatable bonds is 7. The molecule has 1 aromatic heterocycles. The van der Waals surface area contributed by atoms with Gasteiger partial charge in [0.05, 0.1) is 6.20 Å². The van der Waals surface area contributed by atoms with Crippen LogP contribution in [0.25, 0.3) is 11.3 Å². The molecule has 148 valence electrons. The molecule has 2 N–H and O–H groups in total. The maximum Gasteiger partial charge on any atom is 0.227 e. The number of hydrogen-bond acceptors (Lipinski definition) is 4. The Labute approximate surface area is 173 Å². The van der Waals surface area contributed by atoms with Gasteiger partial charge < -0.3 is 15.1 Å². The molecule has 1 aliphatic rings. The van der Waals surface area contributed by atoms with Gasteiger partial charge in [-0.1, -0.05) is 17.7 Å². The van der Waals surface area contributed by atoms with Crippen molar-refractivity contribution in [1.29, 1.82) is 0 Å². The summed E-state index contributed by atoms with van der Waals surface area (Å²) < 4.78 is 5.72. The van der Waals surface area contributed by atoms with E-state index in [9.17, 15) is 9.59 Å². The first kappa shape index (κ1) is 19.2. The fourth-order valence-electron chi connectivity index (χ4n) is 2.88. The number of aromatic nitrogens is 1. The van der Waals surface area contributed by atoms with Crippen molar-refractivity contribution in [3.05, 3.63) is 65.6 Å². The number of hydrogen-bond donors (Lipinski definition) is 2. The molecule has 0 bridgehead atoms. The number of nitrogens with one attached hydrogen (secondary N) is 2. The summed E-state index contributed by atoms with van der Waals surface area (Å²) in [6.07, 6.45) is 4.16. The number of halogens is 1. The summed E-state index contributed by atoms with van der Waals surface area (Å²) in [4.78, 5) is 28.4. The smallest absolute Gasteiger partial charge is 0.227 e. The van der Waals surface area contributed by atoms with Crippen LogP contribution in [0.3, 0.4) is 0 Å². The van der Waals surface area contributed by atoms with Crippen molar-refractivity contribution >= 4 is 34.8 Å². The summed E-state index contributed by atoms with van der Waals surface area (Å²) in [5.41, 5.74) is 2.19. The number of carbonyl (C=O) groups is 2. The zero-order valence-corrected chi connectivity index (χ0v) is 16.4. The molecule has 0 radical (unpaired) electrons. The van der Waals surface area contributed by atoms with Crippen LogP contribution in [0.4, 0.5) is 11.4 Å². The van der Waals surface area contributed by atoms with E-state index < -0.39 is 0 Å². The average molecular weight is 410 g/mol. The molecular weight excluding hydrogens is 390 g/mol. The van der Waals surface area contributed by atoms with Crippen molar-refractivity contribution in [2.75, 3.05) is 10.6 Å². The molecule has 0 saturated heterocycles. The van der Waals surface area contributed by atoms with Crippen LogP contribution in [-0.4, -0.2) is 16.8 Å². The molecule has 0 atom stereocenters. The minimum Gasteiger partial charge on any atom is -0.441 e. The first-order valence-electron chi connectivity index (χ1n) is 9.48. The van der Waals surface area contributed by atoms with Crippen LogP contribution in [0.2, 0.25) is 5.02 Å². The molecule has 1 aliphatic carbocycles. The fraction of sp³-hybridized carbons (Fsp3) is 0.227. The molecular formula is C22H20ClN3O3. The third-order valence-electron chi connectivity index (χ3n) is 4.61. The highest BCUT2D eigenvalue weighted by Gasteiger charge is 2.29. The maximum atomic E-state index is 12.3. The van der Waals surface area contributed by atoms with Crippen LogP contribution in [0.15, 0.2) is 59.1 Å². The number of aryl methyl sites for hydroxylation is 1. The van der Waals surface area contributed by atoms with Gasteiger partial charge in [-0.2, -0.15) is 0 Å². The molecule has 29 heavy (non-hydrogen) atoms. The SMILES string of the molecule is O=C(CCc1ncc(-c2ccc(Cl)cc2)o1)Nc1cccc(NC(=O)C2CC2)c1. The summed E-state index contributed by atoms with van der Waals surface area (Å²) in [5.74, 6) is 1.15. The van der Waals surface area contributed by atoms with Gasteiger partial charge in [0.25, 0.3) is 0 Å². The van der Waals surface area contributed by atoms with E-state index in [1.54, 1.807) is 42.6 Å². The highest BCUT2D eigenvalue weighted by molar-refractivity contribution is 6.30. The van der Waals surface area contributed by atoms with E-state index >= 15 is 0 Å². The van der Waals surface area contributed by atoms with E-state index in [0.717, 1.165) is 18.4 Å². The largest absolute Gasteiger partial charge is 0.441 e. The predicted molar refractivity (Wildman–Crippen MR) is 112 cm³/mol. The molecule has 7 heteroatoms. The molecule has 4 rings (SSSR count). The Morgan fingerprint density at radius 1 is 1.07 bits per heavy atom. The van der Waals surface area contributed by atoms with Crippen LogP contribution in [0.5, 0.6) is 0 Å². The Morgan fingerprint density at radius 2 is 1.79 bits per heavy atom. The monoisotopic (exact) mass is 409 g/mol. The van der Waals surface area contributed by atoms with E-state index in [2.05, 4.69) is 15.6 Å². The second-order valence-electron chi connectivity index (χ2n) is 7.02. The molecule has 6 nitrogen and oxygen atoms in total. The Balaban J connectivity index is 1.30. The van der Waals surface area contributed by atoms with Gasteiger partial charge in [0.2, 0.25) is 11.8 Å². The minimum absolute atomic E-state index is 0.0360. The molecule has 1 fully saturated rings. The standard InChI is InChI=1S/C22H20ClN3O3/c23-16-8-6-14(7-9-16)19-13-24-21(29-19)11-10-20(27)25-17-2-1-3-18(12-17)26-22(28)15-4-5-15/h1-3,6-9,12-13,15H,4-5,10-11H2,(H,25,27)(H,26,28). The number of benzene rings is 2. The third kappa shape index (κ3) is 5.23. The second kappa shape index (κ2) is 8.49. The summed E-state index contributed by atoms with van der Waals surface area (Å²) >= 11 is 5.90. The summed E-state index contributed by atoms with van der Waals surface area (Å²) in [6.45, 7) is 0. The maximum absolute atomic E-state index is 12.3. The predicted octanol–water partition coefficient (Wildman–Crippen LogP) is 4.91. The molecule has 0 spiro atoms. The fourth-order valence-corrected chi connectivity index (χ4v) is 3.01. The first-order valence-corrected chi connectivity index (χ1v) is 9.86. The van der Waals surface area contributed by atoms with Gasteiger partial charge in [-0.05, 0) is 55.3 Å². The van der Waals surface area contributed by atoms with E-state index in [-0.39, 0.29) is 24.2 Å². The van der Waals surface area contributed by atoms with Gasteiger partial charge in [-0.25, -0.2) is 4.98 Å². The van der Waals surface area contributed by atoms with E-state index in [1.807, 2.05) is 12.1 Å². The van der Waals surface area contributed by atoms with Crippen molar-refractivity contribution in [3.63, 3.8) is 0 Å². The topological polar surface area (TPSA) is 84.2 Å². The lowest BCUT2D eigenvalue weighted by atomic mass is 10.2. The van der Waals surface area contributed by atoms with Crippen molar-refractivity contribution in [2.24, 2.45) is 5.92 Å². The lowest BCUT2D eigenvalue weighted by Gasteiger charge is -2.08. The molecule has 2 amide bonds. The molecule has 3 aromatic rings.